The molecule has 0 spiro atoms. The van der Waals surface area contributed by atoms with Gasteiger partial charge in [-0.15, -0.1) is 11.6 Å². The van der Waals surface area contributed by atoms with Crippen LogP contribution in [-0.2, 0) is 4.79 Å². The van der Waals surface area contributed by atoms with Gasteiger partial charge in [0.25, 0.3) is 0 Å². The van der Waals surface area contributed by atoms with Crippen molar-refractivity contribution in [3.63, 3.8) is 0 Å². The van der Waals surface area contributed by atoms with Crippen molar-refractivity contribution in [1.82, 2.24) is 0 Å². The summed E-state index contributed by atoms with van der Waals surface area (Å²) in [5.41, 5.74) is 2.15. The fourth-order valence-corrected chi connectivity index (χ4v) is 3.08. The largest absolute Gasteiger partial charge is 0.480 e. The molecule has 0 radical (unpaired) electrons. The Morgan fingerprint density at radius 3 is 2.45 bits per heavy atom. The minimum Gasteiger partial charge on any atom is -0.480 e. The number of carboxylic acids is 1. The van der Waals surface area contributed by atoms with E-state index in [4.69, 9.17) is 16.7 Å². The van der Waals surface area contributed by atoms with Gasteiger partial charge in [0.2, 0.25) is 0 Å². The maximum Gasteiger partial charge on any atom is 0.326 e. The minimum atomic E-state index is -1.10. The predicted octanol–water partition coefficient (Wildman–Crippen LogP) is 4.30. The van der Waals surface area contributed by atoms with Crippen molar-refractivity contribution in [3.05, 3.63) is 34.9 Å². The summed E-state index contributed by atoms with van der Waals surface area (Å²) >= 11 is 5.85. The molecule has 20 heavy (non-hydrogen) atoms. The zero-order valence-electron chi connectivity index (χ0n) is 11.6. The van der Waals surface area contributed by atoms with E-state index in [-0.39, 0.29) is 5.78 Å². The van der Waals surface area contributed by atoms with Crippen LogP contribution >= 0.6 is 11.6 Å². The van der Waals surface area contributed by atoms with E-state index in [1.54, 1.807) is 12.1 Å². The van der Waals surface area contributed by atoms with Gasteiger partial charge in [0.1, 0.15) is 0 Å². The van der Waals surface area contributed by atoms with Gasteiger partial charge in [-0.1, -0.05) is 31.4 Å². The molecule has 0 aliphatic heterocycles. The number of hydrogen-bond donors (Lipinski definition) is 1. The molecule has 1 aromatic carbocycles. The van der Waals surface area contributed by atoms with Crippen molar-refractivity contribution in [2.24, 2.45) is 0 Å². The molecule has 4 heteroatoms. The lowest BCUT2D eigenvalue weighted by Crippen LogP contribution is -2.12. The lowest BCUT2D eigenvalue weighted by Gasteiger charge is -2.24. The zero-order chi connectivity index (χ0) is 14.7. The maximum atomic E-state index is 11.9. The van der Waals surface area contributed by atoms with E-state index in [2.05, 4.69) is 0 Å². The number of halogens is 1. The van der Waals surface area contributed by atoms with E-state index in [0.717, 1.165) is 18.4 Å². The van der Waals surface area contributed by atoms with E-state index in [9.17, 15) is 9.59 Å². The third-order valence-corrected chi connectivity index (χ3v) is 4.45. The molecule has 0 amide bonds. The zero-order valence-corrected chi connectivity index (χ0v) is 12.3. The maximum absolute atomic E-state index is 11.9. The number of carboxylic acid groups (broad SMARTS) is 1. The Kier molecular flexibility index (Phi) is 4.81. The summed E-state index contributed by atoms with van der Waals surface area (Å²) in [5, 5.41) is 7.86. The Hall–Kier alpha value is -1.35. The van der Waals surface area contributed by atoms with Gasteiger partial charge >= 0.3 is 5.97 Å². The highest BCUT2D eigenvalue weighted by Gasteiger charge is 2.23. The van der Waals surface area contributed by atoms with Gasteiger partial charge in [0.15, 0.2) is 11.2 Å². The quantitative estimate of drug-likeness (QED) is 0.665. The van der Waals surface area contributed by atoms with Gasteiger partial charge in [-0.25, -0.2) is 0 Å². The van der Waals surface area contributed by atoms with E-state index < -0.39 is 11.3 Å². The Morgan fingerprint density at radius 2 is 1.90 bits per heavy atom. The summed E-state index contributed by atoms with van der Waals surface area (Å²) in [5.74, 6) is -0.705. The summed E-state index contributed by atoms with van der Waals surface area (Å²) in [6.07, 6.45) is 5.84. The van der Waals surface area contributed by atoms with E-state index >= 15 is 0 Å². The molecule has 108 valence electrons. The molecular formula is C16H19ClO3. The molecule has 1 aliphatic rings. The average molecular weight is 295 g/mol. The second-order valence-corrected chi connectivity index (χ2v) is 5.88. The molecule has 1 aliphatic carbocycles. The molecule has 1 fully saturated rings. The molecule has 1 unspecified atom stereocenters. The number of benzene rings is 1. The van der Waals surface area contributed by atoms with Crippen molar-refractivity contribution >= 4 is 23.4 Å². The number of rotatable bonds is 4. The molecule has 0 saturated heterocycles. The van der Waals surface area contributed by atoms with Crippen molar-refractivity contribution in [1.29, 1.82) is 0 Å². The third-order valence-electron chi connectivity index (χ3n) is 4.01. The number of carbonyl (C=O) groups is 2. The van der Waals surface area contributed by atoms with Crippen molar-refractivity contribution in [2.45, 2.75) is 50.3 Å². The SMILES string of the molecule is CC(=O)c1cc(C(Cl)C(=O)O)ccc1C1CCCCC1. The number of Topliss-reactive ketones (excluding diaryl/α,β-unsaturated/α-hetero) is 1. The predicted molar refractivity (Wildman–Crippen MR) is 78.5 cm³/mol. The first kappa shape index (κ1) is 15.0. The van der Waals surface area contributed by atoms with Crippen molar-refractivity contribution in [3.8, 4) is 0 Å². The highest BCUT2D eigenvalue weighted by molar-refractivity contribution is 6.29. The lowest BCUT2D eigenvalue weighted by molar-refractivity contribution is -0.136. The molecule has 0 heterocycles. The van der Waals surface area contributed by atoms with Crippen LogP contribution in [0.5, 0.6) is 0 Å². The smallest absolute Gasteiger partial charge is 0.326 e. The highest BCUT2D eigenvalue weighted by Crippen LogP contribution is 2.36. The van der Waals surface area contributed by atoms with Crippen molar-refractivity contribution < 1.29 is 14.7 Å². The molecule has 1 aromatic rings. The van der Waals surface area contributed by atoms with Crippen LogP contribution in [0.3, 0.4) is 0 Å². The van der Waals surface area contributed by atoms with Gasteiger partial charge in [-0.2, -0.15) is 0 Å². The summed E-state index contributed by atoms with van der Waals surface area (Å²) in [6.45, 7) is 1.52. The van der Waals surface area contributed by atoms with E-state index in [0.29, 0.717) is 17.0 Å². The average Bonchev–Trinajstić information content (AvgIpc) is 2.46. The van der Waals surface area contributed by atoms with E-state index in [1.807, 2.05) is 6.07 Å². The summed E-state index contributed by atoms with van der Waals surface area (Å²) < 4.78 is 0. The first-order chi connectivity index (χ1) is 9.50. The van der Waals surface area contributed by atoms with Crippen LogP contribution in [0, 0.1) is 0 Å². The normalized spacial score (nSPS) is 17.7. The number of alkyl halides is 1. The number of aliphatic carboxylic acids is 1. The van der Waals surface area contributed by atoms with Crippen molar-refractivity contribution in [2.75, 3.05) is 0 Å². The second-order valence-electron chi connectivity index (χ2n) is 5.44. The topological polar surface area (TPSA) is 54.4 Å². The van der Waals surface area contributed by atoms with Gasteiger partial charge in [-0.05, 0) is 42.9 Å². The molecule has 2 rings (SSSR count). The first-order valence-corrected chi connectivity index (χ1v) is 7.46. The lowest BCUT2D eigenvalue weighted by atomic mass is 9.81. The van der Waals surface area contributed by atoms with Crippen LogP contribution in [0.15, 0.2) is 18.2 Å². The van der Waals surface area contributed by atoms with Crippen LogP contribution in [-0.4, -0.2) is 16.9 Å². The molecule has 1 saturated carbocycles. The molecule has 1 atom stereocenters. The Balaban J connectivity index is 2.37. The van der Waals surface area contributed by atoms with E-state index in [1.165, 1.54) is 26.2 Å². The monoisotopic (exact) mass is 294 g/mol. The third kappa shape index (κ3) is 3.21. The number of hydrogen-bond acceptors (Lipinski definition) is 2. The summed E-state index contributed by atoms with van der Waals surface area (Å²) in [7, 11) is 0. The molecule has 1 N–H and O–H groups in total. The second kappa shape index (κ2) is 6.40. The Bertz CT molecular complexity index is 518. The molecule has 3 nitrogen and oxygen atoms in total. The minimum absolute atomic E-state index is 0.0262. The van der Waals surface area contributed by atoms with Gasteiger partial charge in [0, 0.05) is 5.56 Å². The fourth-order valence-electron chi connectivity index (χ4n) is 2.95. The first-order valence-electron chi connectivity index (χ1n) is 7.02. The number of carbonyl (C=O) groups excluding carboxylic acids is 1. The summed E-state index contributed by atoms with van der Waals surface area (Å²) in [4.78, 5) is 22.8. The summed E-state index contributed by atoms with van der Waals surface area (Å²) in [6, 6.07) is 5.28. The standard InChI is InChI=1S/C16H19ClO3/c1-10(18)14-9-12(15(17)16(19)20)7-8-13(14)11-5-3-2-4-6-11/h7-9,11,15H,2-6H2,1H3,(H,19,20). The van der Waals surface area contributed by atoms with Crippen LogP contribution in [0.1, 0.15) is 71.8 Å². The van der Waals surface area contributed by atoms with Crippen LogP contribution in [0.2, 0.25) is 0 Å². The number of ketones is 1. The van der Waals surface area contributed by atoms with Crippen LogP contribution in [0.25, 0.3) is 0 Å². The Morgan fingerprint density at radius 1 is 1.25 bits per heavy atom. The highest BCUT2D eigenvalue weighted by atomic mass is 35.5. The molecule has 0 bridgehead atoms. The van der Waals surface area contributed by atoms with Gasteiger partial charge < -0.3 is 5.11 Å². The Labute approximate surface area is 123 Å². The van der Waals surface area contributed by atoms with Gasteiger partial charge in [0.05, 0.1) is 0 Å². The van der Waals surface area contributed by atoms with Crippen LogP contribution in [0.4, 0.5) is 0 Å². The van der Waals surface area contributed by atoms with Crippen LogP contribution < -0.4 is 0 Å². The van der Waals surface area contributed by atoms with Gasteiger partial charge in [-0.3, -0.25) is 9.59 Å². The molecule has 0 aromatic heterocycles. The fraction of sp³-hybridized carbons (Fsp3) is 0.500. The molecular weight excluding hydrogens is 276 g/mol.